The number of nitrogens with one attached hydrogen (secondary N) is 2. The van der Waals surface area contributed by atoms with Crippen LogP contribution in [0.2, 0.25) is 0 Å². The molecule has 0 saturated carbocycles. The first-order valence-electron chi connectivity index (χ1n) is 9.81. The minimum Gasteiger partial charge on any atom is -0.361 e. The summed E-state index contributed by atoms with van der Waals surface area (Å²) < 4.78 is 1.07. The van der Waals surface area contributed by atoms with E-state index in [4.69, 9.17) is 4.98 Å². The van der Waals surface area contributed by atoms with E-state index in [1.54, 1.807) is 0 Å². The van der Waals surface area contributed by atoms with Gasteiger partial charge in [0.1, 0.15) is 0 Å². The van der Waals surface area contributed by atoms with Gasteiger partial charge in [0.2, 0.25) is 0 Å². The minimum atomic E-state index is -0.0142. The van der Waals surface area contributed by atoms with Crippen LogP contribution in [0, 0.1) is 0 Å². The molecular weight excluding hydrogens is 418 g/mol. The van der Waals surface area contributed by atoms with Gasteiger partial charge in [0, 0.05) is 54.2 Å². The van der Waals surface area contributed by atoms with Crippen LogP contribution in [-0.4, -0.2) is 38.7 Å². The molecule has 0 unspecified atom stereocenters. The SMILES string of the molecule is O=c1[nH]c(C2=NCCCC2)nc2c1CN(Cc1c[nH]c3ccc(Br)cc13)CC2. The molecule has 0 saturated heterocycles. The molecule has 1 aromatic carbocycles. The molecule has 2 aliphatic heterocycles. The second kappa shape index (κ2) is 7.29. The normalized spacial score (nSPS) is 17.5. The summed E-state index contributed by atoms with van der Waals surface area (Å²) in [7, 11) is 0. The summed E-state index contributed by atoms with van der Waals surface area (Å²) in [4.78, 5) is 30.7. The van der Waals surface area contributed by atoms with Crippen molar-refractivity contribution in [2.75, 3.05) is 13.1 Å². The fourth-order valence-corrected chi connectivity index (χ4v) is 4.53. The number of aromatic amines is 2. The Morgan fingerprint density at radius 3 is 3.00 bits per heavy atom. The summed E-state index contributed by atoms with van der Waals surface area (Å²) in [5.74, 6) is 0.679. The van der Waals surface area contributed by atoms with Crippen LogP contribution in [-0.2, 0) is 19.5 Å². The second-order valence-corrected chi connectivity index (χ2v) is 8.51. The van der Waals surface area contributed by atoms with Gasteiger partial charge in [0.15, 0.2) is 5.82 Å². The minimum absolute atomic E-state index is 0.0142. The van der Waals surface area contributed by atoms with E-state index in [0.29, 0.717) is 12.4 Å². The number of hydrogen-bond donors (Lipinski definition) is 2. The molecule has 2 N–H and O–H groups in total. The Hall–Kier alpha value is -2.25. The zero-order valence-corrected chi connectivity index (χ0v) is 17.2. The molecule has 28 heavy (non-hydrogen) atoms. The van der Waals surface area contributed by atoms with E-state index in [1.165, 1.54) is 10.9 Å². The first kappa shape index (κ1) is 17.8. The number of rotatable bonds is 3. The Balaban J connectivity index is 1.40. The van der Waals surface area contributed by atoms with E-state index in [9.17, 15) is 4.79 Å². The fourth-order valence-electron chi connectivity index (χ4n) is 4.17. The molecule has 3 aromatic rings. The predicted molar refractivity (Wildman–Crippen MR) is 114 cm³/mol. The van der Waals surface area contributed by atoms with Gasteiger partial charge in [-0.2, -0.15) is 0 Å². The van der Waals surface area contributed by atoms with Crippen molar-refractivity contribution in [3.05, 3.63) is 61.9 Å². The molecule has 0 spiro atoms. The molecule has 0 bridgehead atoms. The molecule has 0 aliphatic carbocycles. The quantitative estimate of drug-likeness (QED) is 0.654. The lowest BCUT2D eigenvalue weighted by molar-refractivity contribution is 0.242. The van der Waals surface area contributed by atoms with E-state index >= 15 is 0 Å². The lowest BCUT2D eigenvalue weighted by atomic mass is 10.0. The van der Waals surface area contributed by atoms with Gasteiger partial charge in [0.25, 0.3) is 5.56 Å². The average Bonchev–Trinajstić information content (AvgIpc) is 3.11. The monoisotopic (exact) mass is 439 g/mol. The van der Waals surface area contributed by atoms with Crippen LogP contribution in [0.1, 0.15) is 41.9 Å². The van der Waals surface area contributed by atoms with Crippen molar-refractivity contribution in [3.63, 3.8) is 0 Å². The topological polar surface area (TPSA) is 77.1 Å². The van der Waals surface area contributed by atoms with Gasteiger partial charge >= 0.3 is 0 Å². The van der Waals surface area contributed by atoms with Gasteiger partial charge in [-0.15, -0.1) is 0 Å². The van der Waals surface area contributed by atoms with Crippen molar-refractivity contribution in [1.29, 1.82) is 0 Å². The summed E-state index contributed by atoms with van der Waals surface area (Å²) in [5.41, 5.74) is 5.06. The molecular formula is C21H22BrN5O. The summed E-state index contributed by atoms with van der Waals surface area (Å²) in [5, 5.41) is 1.22. The molecule has 5 rings (SSSR count). The lowest BCUT2D eigenvalue weighted by Gasteiger charge is -2.27. The van der Waals surface area contributed by atoms with Crippen molar-refractivity contribution < 1.29 is 0 Å². The number of aromatic nitrogens is 3. The third kappa shape index (κ3) is 3.33. The van der Waals surface area contributed by atoms with Gasteiger partial charge in [-0.05, 0) is 43.0 Å². The van der Waals surface area contributed by atoms with E-state index in [1.807, 2.05) is 6.07 Å². The standard InChI is InChI=1S/C21H22BrN5O/c22-14-4-5-17-15(9-14)13(10-24-17)11-27-8-6-18-16(12-27)21(28)26-20(25-18)19-3-1-2-7-23-19/h4-5,9-10,24H,1-3,6-8,11-12H2,(H,25,26,28). The van der Waals surface area contributed by atoms with Crippen LogP contribution >= 0.6 is 15.9 Å². The molecule has 0 amide bonds. The number of benzene rings is 1. The van der Waals surface area contributed by atoms with Crippen molar-refractivity contribution >= 4 is 32.5 Å². The van der Waals surface area contributed by atoms with Gasteiger partial charge in [-0.1, -0.05) is 15.9 Å². The van der Waals surface area contributed by atoms with Crippen molar-refractivity contribution in [3.8, 4) is 0 Å². The Labute approximate surface area is 171 Å². The number of halogens is 1. The zero-order valence-electron chi connectivity index (χ0n) is 15.6. The van der Waals surface area contributed by atoms with Gasteiger partial charge in [-0.25, -0.2) is 4.98 Å². The molecule has 144 valence electrons. The molecule has 0 fully saturated rings. The summed E-state index contributed by atoms with van der Waals surface area (Å²) >= 11 is 3.56. The van der Waals surface area contributed by atoms with Crippen molar-refractivity contribution in [2.24, 2.45) is 4.99 Å². The maximum Gasteiger partial charge on any atom is 0.255 e. The number of nitrogens with zero attached hydrogens (tertiary/aromatic N) is 3. The highest BCUT2D eigenvalue weighted by Gasteiger charge is 2.23. The Morgan fingerprint density at radius 1 is 1.21 bits per heavy atom. The third-order valence-electron chi connectivity index (χ3n) is 5.67. The lowest BCUT2D eigenvalue weighted by Crippen LogP contribution is -2.36. The van der Waals surface area contributed by atoms with Crippen molar-refractivity contribution in [2.45, 2.75) is 38.8 Å². The number of hydrogen-bond acceptors (Lipinski definition) is 4. The highest BCUT2D eigenvalue weighted by Crippen LogP contribution is 2.25. The molecule has 0 atom stereocenters. The van der Waals surface area contributed by atoms with Crippen LogP contribution in [0.4, 0.5) is 0 Å². The van der Waals surface area contributed by atoms with E-state index < -0.39 is 0 Å². The van der Waals surface area contributed by atoms with Crippen molar-refractivity contribution in [1.82, 2.24) is 19.9 Å². The van der Waals surface area contributed by atoms with Crippen LogP contribution < -0.4 is 5.56 Å². The zero-order chi connectivity index (χ0) is 19.1. The average molecular weight is 440 g/mol. The first-order chi connectivity index (χ1) is 13.7. The maximum absolute atomic E-state index is 12.7. The number of H-pyrrole nitrogens is 2. The number of aliphatic imine (C=N–C) groups is 1. The van der Waals surface area contributed by atoms with Gasteiger partial charge in [-0.3, -0.25) is 14.7 Å². The largest absolute Gasteiger partial charge is 0.361 e. The maximum atomic E-state index is 12.7. The molecule has 4 heterocycles. The molecule has 6 nitrogen and oxygen atoms in total. The van der Waals surface area contributed by atoms with Crippen LogP contribution in [0.15, 0.2) is 38.7 Å². The fraction of sp³-hybridized carbons (Fsp3) is 0.381. The molecule has 7 heteroatoms. The van der Waals surface area contributed by atoms with Gasteiger partial charge < -0.3 is 9.97 Å². The van der Waals surface area contributed by atoms with Crippen LogP contribution in [0.5, 0.6) is 0 Å². The predicted octanol–water partition coefficient (Wildman–Crippen LogP) is 3.55. The second-order valence-electron chi connectivity index (χ2n) is 7.59. The number of fused-ring (bicyclic) bond motifs is 2. The van der Waals surface area contributed by atoms with E-state index in [2.05, 4.69) is 54.1 Å². The molecule has 2 aliphatic rings. The van der Waals surface area contributed by atoms with Gasteiger partial charge in [0.05, 0.1) is 17.0 Å². The smallest absolute Gasteiger partial charge is 0.255 e. The van der Waals surface area contributed by atoms with Crippen LogP contribution in [0.3, 0.4) is 0 Å². The third-order valence-corrected chi connectivity index (χ3v) is 6.16. The van der Waals surface area contributed by atoms with E-state index in [-0.39, 0.29) is 5.56 Å². The summed E-state index contributed by atoms with van der Waals surface area (Å²) in [6, 6.07) is 6.27. The molecule has 0 radical (unpaired) electrons. The Morgan fingerprint density at radius 2 is 2.14 bits per heavy atom. The Bertz CT molecular complexity index is 1130. The highest BCUT2D eigenvalue weighted by molar-refractivity contribution is 9.10. The highest BCUT2D eigenvalue weighted by atomic mass is 79.9. The van der Waals surface area contributed by atoms with Crippen LogP contribution in [0.25, 0.3) is 10.9 Å². The van der Waals surface area contributed by atoms with E-state index in [0.717, 1.165) is 72.3 Å². The first-order valence-corrected chi connectivity index (χ1v) is 10.6. The summed E-state index contributed by atoms with van der Waals surface area (Å²) in [6.45, 7) is 3.18. The summed E-state index contributed by atoms with van der Waals surface area (Å²) in [6.07, 6.45) is 6.02. The Kier molecular flexibility index (Phi) is 4.64. The molecule has 2 aromatic heterocycles.